The summed E-state index contributed by atoms with van der Waals surface area (Å²) in [4.78, 5) is 12.2. The fraction of sp³-hybridized carbons (Fsp3) is 0.686. The molecule has 3 aliphatic rings. The van der Waals surface area contributed by atoms with Gasteiger partial charge in [-0.05, 0) is 81.5 Å². The minimum Gasteiger partial charge on any atom is -0.462 e. The van der Waals surface area contributed by atoms with Crippen LogP contribution in [-0.4, -0.2) is 52.1 Å². The Morgan fingerprint density at radius 1 is 1.14 bits per heavy atom. The quantitative estimate of drug-likeness (QED) is 0.129. The lowest BCUT2D eigenvalue weighted by molar-refractivity contribution is -0.273. The van der Waals surface area contributed by atoms with Crippen LogP contribution in [0.2, 0.25) is 37.8 Å². The molecule has 7 heteroatoms. The van der Waals surface area contributed by atoms with Crippen LogP contribution in [0.5, 0.6) is 0 Å². The molecule has 232 valence electrons. The molecule has 1 saturated carbocycles. The van der Waals surface area contributed by atoms with Crippen LogP contribution in [0.3, 0.4) is 0 Å². The first-order chi connectivity index (χ1) is 19.4. The first kappa shape index (κ1) is 33.2. The summed E-state index contributed by atoms with van der Waals surface area (Å²) in [6.07, 6.45) is 5.83. The van der Waals surface area contributed by atoms with E-state index >= 15 is 0 Å². The lowest BCUT2D eigenvalue weighted by Gasteiger charge is -2.60. The van der Waals surface area contributed by atoms with Crippen LogP contribution in [0.1, 0.15) is 72.3 Å². The van der Waals surface area contributed by atoms with Gasteiger partial charge < -0.3 is 18.3 Å². The fourth-order valence-electron chi connectivity index (χ4n) is 7.65. The maximum absolute atomic E-state index is 12.2. The lowest BCUT2D eigenvalue weighted by atomic mass is 9.58. The molecule has 5 nitrogen and oxygen atoms in total. The van der Waals surface area contributed by atoms with Crippen molar-refractivity contribution < 1.29 is 23.1 Å². The highest BCUT2D eigenvalue weighted by atomic mass is 28.4. The molecule has 7 atom stereocenters. The SMILES string of the molecule is C=CC[C@H]1[C@]23O[C@@](CO[Si](C)(C)C(C)(C)C)(C[C@H]2CC[C@H](OC(C)=O)[C@H]3C)C[C@@]1(C#Cc1ccccc1)O[Si](C)(C)C. The van der Waals surface area contributed by atoms with Crippen molar-refractivity contribution in [3.8, 4) is 11.8 Å². The van der Waals surface area contributed by atoms with Crippen LogP contribution in [0, 0.1) is 29.6 Å². The zero-order chi connectivity index (χ0) is 31.2. The zero-order valence-electron chi connectivity index (χ0n) is 27.8. The van der Waals surface area contributed by atoms with Crippen LogP contribution in [0.25, 0.3) is 0 Å². The number of fused-ring (bicyclic) bond motifs is 1. The van der Waals surface area contributed by atoms with E-state index in [0.717, 1.165) is 24.8 Å². The van der Waals surface area contributed by atoms with Crippen molar-refractivity contribution in [2.45, 2.75) is 127 Å². The smallest absolute Gasteiger partial charge is 0.302 e. The highest BCUT2D eigenvalue weighted by Gasteiger charge is 2.73. The summed E-state index contributed by atoms with van der Waals surface area (Å²) in [6, 6.07) is 10.2. The summed E-state index contributed by atoms with van der Waals surface area (Å²) in [6.45, 7) is 26.7. The molecule has 42 heavy (non-hydrogen) atoms. The van der Waals surface area contributed by atoms with E-state index in [0.29, 0.717) is 19.4 Å². The Labute approximate surface area is 257 Å². The third-order valence-electron chi connectivity index (χ3n) is 10.3. The van der Waals surface area contributed by atoms with Crippen molar-refractivity contribution in [1.82, 2.24) is 0 Å². The molecule has 2 aliphatic heterocycles. The average Bonchev–Trinajstić information content (AvgIpc) is 3.16. The fourth-order valence-corrected chi connectivity index (χ4v) is 10.1. The third kappa shape index (κ3) is 6.39. The number of rotatable bonds is 8. The van der Waals surface area contributed by atoms with Crippen LogP contribution in [-0.2, 0) is 23.1 Å². The highest BCUT2D eigenvalue weighted by molar-refractivity contribution is 6.74. The van der Waals surface area contributed by atoms with Crippen LogP contribution >= 0.6 is 0 Å². The summed E-state index contributed by atoms with van der Waals surface area (Å²) in [5, 5.41) is 0.0828. The number of benzene rings is 1. The number of hydrogen-bond acceptors (Lipinski definition) is 5. The third-order valence-corrected chi connectivity index (χ3v) is 15.8. The number of ether oxygens (including phenoxy) is 2. The van der Waals surface area contributed by atoms with E-state index in [1.807, 2.05) is 24.3 Å². The number of carbonyl (C=O) groups excluding carboxylic acids is 1. The Morgan fingerprint density at radius 3 is 2.38 bits per heavy atom. The van der Waals surface area contributed by atoms with E-state index in [1.54, 1.807) is 0 Å². The summed E-state index contributed by atoms with van der Waals surface area (Å²) in [5.74, 6) is 7.29. The summed E-state index contributed by atoms with van der Waals surface area (Å²) >= 11 is 0. The van der Waals surface area contributed by atoms with Gasteiger partial charge in [0, 0.05) is 30.7 Å². The van der Waals surface area contributed by atoms with Gasteiger partial charge in [-0.15, -0.1) is 6.58 Å². The molecule has 0 unspecified atom stereocenters. The molecule has 2 bridgehead atoms. The Bertz CT molecular complexity index is 1210. The Morgan fingerprint density at radius 2 is 1.81 bits per heavy atom. The number of hydrogen-bond donors (Lipinski definition) is 0. The molecule has 0 radical (unpaired) electrons. The topological polar surface area (TPSA) is 54.0 Å². The number of carbonyl (C=O) groups is 1. The second-order valence-electron chi connectivity index (χ2n) is 15.6. The first-order valence-corrected chi connectivity index (χ1v) is 22.1. The summed E-state index contributed by atoms with van der Waals surface area (Å²) in [5.41, 5.74) is -0.901. The lowest BCUT2D eigenvalue weighted by Crippen LogP contribution is -2.69. The standard InChI is InChI=1S/C35H54O5Si2/c1-12-16-31-34(40-41(7,8)9,22-21-28-17-14-13-15-18-28)24-33(25-37-42(10,11)32(4,5)6)23-29-19-20-30(38-27(3)36)26(2)35(29,31)39-33/h12-15,17-18,26,29-31H,1,16,19-20,23-25H2,2-11H3/t26-,29-,30+,31-,33+,34-,35-/m1/s1. The minimum atomic E-state index is -2.11. The molecule has 1 aromatic rings. The maximum Gasteiger partial charge on any atom is 0.302 e. The Hall–Kier alpha value is -1.70. The van der Waals surface area contributed by atoms with Crippen molar-refractivity contribution in [1.29, 1.82) is 0 Å². The molecule has 0 amide bonds. The maximum atomic E-state index is 12.2. The molecule has 0 N–H and O–H groups in total. The monoisotopic (exact) mass is 610 g/mol. The molecule has 0 aromatic heterocycles. The molecule has 2 saturated heterocycles. The van der Waals surface area contributed by atoms with Crippen LogP contribution in [0.15, 0.2) is 43.0 Å². The van der Waals surface area contributed by atoms with Crippen molar-refractivity contribution in [3.05, 3.63) is 48.6 Å². The Balaban J connectivity index is 1.92. The van der Waals surface area contributed by atoms with Crippen LogP contribution in [0.4, 0.5) is 0 Å². The van der Waals surface area contributed by atoms with E-state index in [4.69, 9.17) is 18.3 Å². The predicted molar refractivity (Wildman–Crippen MR) is 175 cm³/mol. The van der Waals surface area contributed by atoms with Gasteiger partial charge in [0.1, 0.15) is 11.7 Å². The summed E-state index contributed by atoms with van der Waals surface area (Å²) < 4.78 is 27.8. The predicted octanol–water partition coefficient (Wildman–Crippen LogP) is 8.12. The minimum absolute atomic E-state index is 0.0247. The van der Waals surface area contributed by atoms with Gasteiger partial charge in [0.2, 0.25) is 0 Å². The van der Waals surface area contributed by atoms with E-state index in [-0.39, 0.29) is 34.9 Å². The van der Waals surface area contributed by atoms with Crippen molar-refractivity contribution in [2.75, 3.05) is 6.61 Å². The second kappa shape index (κ2) is 11.7. The molecule has 1 aliphatic carbocycles. The molecular weight excluding hydrogens is 557 g/mol. The zero-order valence-corrected chi connectivity index (χ0v) is 29.8. The van der Waals surface area contributed by atoms with Gasteiger partial charge in [-0.2, -0.15) is 0 Å². The van der Waals surface area contributed by atoms with E-state index in [1.165, 1.54) is 6.92 Å². The number of allylic oxidation sites excluding steroid dienone is 1. The van der Waals surface area contributed by atoms with Gasteiger partial charge in [0.05, 0.1) is 17.8 Å². The van der Waals surface area contributed by atoms with Gasteiger partial charge in [-0.25, -0.2) is 0 Å². The molecule has 1 spiro atoms. The van der Waals surface area contributed by atoms with E-state index in [2.05, 4.69) is 91.0 Å². The van der Waals surface area contributed by atoms with E-state index < -0.39 is 33.4 Å². The Kier molecular flexibility index (Phi) is 9.22. The van der Waals surface area contributed by atoms with Gasteiger partial charge in [-0.3, -0.25) is 4.79 Å². The van der Waals surface area contributed by atoms with Crippen LogP contribution < -0.4 is 0 Å². The van der Waals surface area contributed by atoms with E-state index in [9.17, 15) is 4.79 Å². The number of esters is 1. The molecule has 4 rings (SSSR count). The molecule has 3 fully saturated rings. The molecular formula is C35H54O5Si2. The second-order valence-corrected chi connectivity index (χ2v) is 24.8. The van der Waals surface area contributed by atoms with Crippen molar-refractivity contribution in [2.24, 2.45) is 17.8 Å². The normalized spacial score (nSPS) is 34.6. The molecule has 1 aromatic carbocycles. The highest BCUT2D eigenvalue weighted by Crippen LogP contribution is 2.66. The van der Waals surface area contributed by atoms with Crippen molar-refractivity contribution in [3.63, 3.8) is 0 Å². The van der Waals surface area contributed by atoms with Gasteiger partial charge in [-0.1, -0.05) is 63.8 Å². The largest absolute Gasteiger partial charge is 0.462 e. The van der Waals surface area contributed by atoms with Gasteiger partial charge in [0.15, 0.2) is 16.6 Å². The van der Waals surface area contributed by atoms with Gasteiger partial charge in [0.25, 0.3) is 0 Å². The van der Waals surface area contributed by atoms with Gasteiger partial charge >= 0.3 is 5.97 Å². The van der Waals surface area contributed by atoms with Crippen molar-refractivity contribution >= 4 is 22.6 Å². The first-order valence-electron chi connectivity index (χ1n) is 15.8. The summed E-state index contributed by atoms with van der Waals surface area (Å²) in [7, 11) is -4.18. The average molecular weight is 611 g/mol. The molecule has 2 heterocycles.